The molecule has 54 heavy (non-hydrogen) atoms. The molecule has 11 aromatic rings. The van der Waals surface area contributed by atoms with E-state index in [9.17, 15) is 0 Å². The number of para-hydroxylation sites is 4. The number of rotatable bonds is 5. The van der Waals surface area contributed by atoms with Crippen LogP contribution < -0.4 is 0 Å². The Bertz CT molecular complexity index is 3140. The van der Waals surface area contributed by atoms with E-state index in [-0.39, 0.29) is 0 Å². The maximum Gasteiger partial charge on any atom is 0.0620 e. The molecule has 0 aliphatic carbocycles. The molecule has 2 nitrogen and oxygen atoms in total. The standard InChI is InChI=1S/C52H34N2/c1-3-15-35(16-4-1)39-31-40(36-17-5-2-6-18-36)34-42(33-39)54-50-28-12-10-22-44(50)46-24-14-26-48(52(46)54)47-25-13-23-45-43-21-9-11-27-49(43)53(51(45)47)41-30-29-37-19-7-8-20-38(37)32-41/h1-34H. The van der Waals surface area contributed by atoms with Crippen molar-refractivity contribution in [2.45, 2.75) is 0 Å². The summed E-state index contributed by atoms with van der Waals surface area (Å²) in [6.07, 6.45) is 0. The predicted octanol–water partition coefficient (Wildman–Crippen LogP) is 14.0. The Morgan fingerprint density at radius 1 is 0.259 bits per heavy atom. The van der Waals surface area contributed by atoms with E-state index < -0.39 is 0 Å². The second kappa shape index (κ2) is 12.2. The van der Waals surface area contributed by atoms with E-state index in [1.807, 2.05) is 0 Å². The number of fused-ring (bicyclic) bond motifs is 7. The first-order chi connectivity index (χ1) is 26.8. The lowest BCUT2D eigenvalue weighted by Crippen LogP contribution is -1.99. The van der Waals surface area contributed by atoms with Crippen LogP contribution in [0.25, 0.3) is 99.1 Å². The van der Waals surface area contributed by atoms with Gasteiger partial charge in [-0.15, -0.1) is 0 Å². The van der Waals surface area contributed by atoms with E-state index in [4.69, 9.17) is 0 Å². The lowest BCUT2D eigenvalue weighted by atomic mass is 9.97. The Kier molecular flexibility index (Phi) is 6.90. The molecule has 2 heteroatoms. The summed E-state index contributed by atoms with van der Waals surface area (Å²) < 4.78 is 4.97. The minimum Gasteiger partial charge on any atom is -0.309 e. The van der Waals surface area contributed by atoms with Gasteiger partial charge in [0.25, 0.3) is 0 Å². The minimum absolute atomic E-state index is 1.14. The van der Waals surface area contributed by atoms with Crippen molar-refractivity contribution >= 4 is 54.4 Å². The molecule has 0 radical (unpaired) electrons. The molecule has 0 saturated carbocycles. The van der Waals surface area contributed by atoms with Gasteiger partial charge in [0.1, 0.15) is 0 Å². The van der Waals surface area contributed by atoms with Crippen LogP contribution in [0.15, 0.2) is 206 Å². The topological polar surface area (TPSA) is 9.86 Å². The van der Waals surface area contributed by atoms with Crippen LogP contribution in [0.1, 0.15) is 0 Å². The summed E-state index contributed by atoms with van der Waals surface area (Å²) in [5, 5.41) is 7.44. The van der Waals surface area contributed by atoms with E-state index >= 15 is 0 Å². The Morgan fingerprint density at radius 3 is 1.30 bits per heavy atom. The molecule has 2 heterocycles. The monoisotopic (exact) mass is 686 g/mol. The summed E-state index contributed by atoms with van der Waals surface area (Å²) >= 11 is 0. The van der Waals surface area contributed by atoms with Gasteiger partial charge >= 0.3 is 0 Å². The molecule has 0 N–H and O–H groups in total. The number of hydrogen-bond acceptors (Lipinski definition) is 0. The van der Waals surface area contributed by atoms with Gasteiger partial charge in [-0.05, 0) is 75.5 Å². The first-order valence-corrected chi connectivity index (χ1v) is 18.6. The van der Waals surface area contributed by atoms with Gasteiger partial charge < -0.3 is 9.13 Å². The van der Waals surface area contributed by atoms with Crippen LogP contribution in [-0.4, -0.2) is 9.13 Å². The Balaban J connectivity index is 1.26. The highest BCUT2D eigenvalue weighted by atomic mass is 15.0. The summed E-state index contributed by atoms with van der Waals surface area (Å²) in [4.78, 5) is 0. The average Bonchev–Trinajstić information content (AvgIpc) is 3.77. The molecule has 0 aliphatic rings. The second-order valence-corrected chi connectivity index (χ2v) is 14.1. The summed E-state index contributed by atoms with van der Waals surface area (Å²) in [5.74, 6) is 0. The molecule has 0 spiro atoms. The molecular weight excluding hydrogens is 653 g/mol. The third-order valence-electron chi connectivity index (χ3n) is 11.1. The fourth-order valence-corrected chi connectivity index (χ4v) is 8.66. The molecule has 9 aromatic carbocycles. The molecule has 0 aliphatic heterocycles. The van der Waals surface area contributed by atoms with E-state index in [2.05, 4.69) is 215 Å². The lowest BCUT2D eigenvalue weighted by molar-refractivity contribution is 1.18. The summed E-state index contributed by atoms with van der Waals surface area (Å²) in [6.45, 7) is 0. The number of nitrogens with zero attached hydrogens (tertiary/aromatic N) is 2. The van der Waals surface area contributed by atoms with Crippen LogP contribution in [0.3, 0.4) is 0 Å². The van der Waals surface area contributed by atoms with Crippen molar-refractivity contribution in [1.29, 1.82) is 0 Å². The number of benzene rings is 9. The van der Waals surface area contributed by atoms with Gasteiger partial charge in [0, 0.05) is 44.0 Å². The van der Waals surface area contributed by atoms with E-state index in [1.54, 1.807) is 0 Å². The van der Waals surface area contributed by atoms with Crippen molar-refractivity contribution < 1.29 is 0 Å². The molecule has 0 unspecified atom stereocenters. The van der Waals surface area contributed by atoms with Crippen LogP contribution in [-0.2, 0) is 0 Å². The van der Waals surface area contributed by atoms with Gasteiger partial charge in [0.05, 0.1) is 22.1 Å². The van der Waals surface area contributed by atoms with Crippen LogP contribution in [0.4, 0.5) is 0 Å². The zero-order chi connectivity index (χ0) is 35.6. The average molecular weight is 687 g/mol. The fourth-order valence-electron chi connectivity index (χ4n) is 8.66. The third kappa shape index (κ3) is 4.74. The van der Waals surface area contributed by atoms with E-state index in [1.165, 1.54) is 87.8 Å². The van der Waals surface area contributed by atoms with Crippen molar-refractivity contribution in [2.75, 3.05) is 0 Å². The highest BCUT2D eigenvalue weighted by Gasteiger charge is 2.22. The fraction of sp³-hybridized carbons (Fsp3) is 0. The molecular formula is C52H34N2. The van der Waals surface area contributed by atoms with Crippen molar-refractivity contribution in [3.05, 3.63) is 206 Å². The highest BCUT2D eigenvalue weighted by Crippen LogP contribution is 2.44. The maximum absolute atomic E-state index is 2.50. The minimum atomic E-state index is 1.14. The van der Waals surface area contributed by atoms with Gasteiger partial charge in [-0.2, -0.15) is 0 Å². The van der Waals surface area contributed by atoms with Crippen LogP contribution in [0, 0.1) is 0 Å². The van der Waals surface area contributed by atoms with Crippen LogP contribution >= 0.6 is 0 Å². The van der Waals surface area contributed by atoms with Gasteiger partial charge in [0.2, 0.25) is 0 Å². The quantitative estimate of drug-likeness (QED) is 0.171. The Morgan fingerprint density at radius 2 is 0.722 bits per heavy atom. The first-order valence-electron chi connectivity index (χ1n) is 18.6. The first kappa shape index (κ1) is 30.5. The van der Waals surface area contributed by atoms with Crippen molar-refractivity contribution in [3.8, 4) is 44.8 Å². The van der Waals surface area contributed by atoms with Crippen LogP contribution in [0.5, 0.6) is 0 Å². The molecule has 0 amide bonds. The van der Waals surface area contributed by atoms with E-state index in [0.29, 0.717) is 0 Å². The molecule has 0 saturated heterocycles. The largest absolute Gasteiger partial charge is 0.309 e. The Hall–Kier alpha value is -7.16. The molecule has 2 aromatic heterocycles. The number of aromatic nitrogens is 2. The lowest BCUT2D eigenvalue weighted by Gasteiger charge is -2.17. The number of hydrogen-bond donors (Lipinski definition) is 0. The molecule has 0 fully saturated rings. The van der Waals surface area contributed by atoms with Crippen LogP contribution in [0.2, 0.25) is 0 Å². The predicted molar refractivity (Wildman–Crippen MR) is 229 cm³/mol. The van der Waals surface area contributed by atoms with Crippen molar-refractivity contribution in [2.24, 2.45) is 0 Å². The Labute approximate surface area is 313 Å². The van der Waals surface area contributed by atoms with Gasteiger partial charge in [-0.3, -0.25) is 0 Å². The highest BCUT2D eigenvalue weighted by molar-refractivity contribution is 6.19. The summed E-state index contributed by atoms with van der Waals surface area (Å²) in [7, 11) is 0. The van der Waals surface area contributed by atoms with Gasteiger partial charge in [0.15, 0.2) is 0 Å². The molecule has 0 atom stereocenters. The molecule has 0 bridgehead atoms. The third-order valence-corrected chi connectivity index (χ3v) is 11.1. The molecule has 252 valence electrons. The normalized spacial score (nSPS) is 11.7. The maximum atomic E-state index is 2.50. The molecule has 11 rings (SSSR count). The van der Waals surface area contributed by atoms with Gasteiger partial charge in [-0.1, -0.05) is 164 Å². The zero-order valence-electron chi connectivity index (χ0n) is 29.5. The van der Waals surface area contributed by atoms with Gasteiger partial charge in [-0.25, -0.2) is 0 Å². The summed E-state index contributed by atoms with van der Waals surface area (Å²) in [6, 6.07) is 75.3. The second-order valence-electron chi connectivity index (χ2n) is 14.1. The summed E-state index contributed by atoms with van der Waals surface area (Å²) in [5.41, 5.74) is 14.3. The SMILES string of the molecule is c1ccc(-c2cc(-c3ccccc3)cc(-n3c4ccccc4c4cccc(-c5cccc6c7ccccc7n(-c7ccc8ccccc8c7)c56)c43)c2)cc1. The van der Waals surface area contributed by atoms with Crippen molar-refractivity contribution in [3.63, 3.8) is 0 Å². The zero-order valence-corrected chi connectivity index (χ0v) is 29.5. The smallest absolute Gasteiger partial charge is 0.0620 e. The van der Waals surface area contributed by atoms with Crippen molar-refractivity contribution in [1.82, 2.24) is 9.13 Å². The van der Waals surface area contributed by atoms with E-state index in [0.717, 1.165) is 11.4 Å².